The highest BCUT2D eigenvalue weighted by Crippen LogP contribution is 2.27. The van der Waals surface area contributed by atoms with Gasteiger partial charge in [0.1, 0.15) is 5.60 Å². The maximum atomic E-state index is 12.2. The van der Waals surface area contributed by atoms with Gasteiger partial charge in [0.15, 0.2) is 0 Å². The average molecular weight is 311 g/mol. The van der Waals surface area contributed by atoms with Gasteiger partial charge in [-0.15, -0.1) is 0 Å². The van der Waals surface area contributed by atoms with Crippen molar-refractivity contribution in [2.75, 3.05) is 39.3 Å². The third-order valence-electron chi connectivity index (χ3n) is 4.59. The zero-order valence-corrected chi connectivity index (χ0v) is 14.7. The van der Waals surface area contributed by atoms with Crippen LogP contribution in [0, 0.1) is 5.92 Å². The molecule has 0 spiro atoms. The van der Waals surface area contributed by atoms with Crippen LogP contribution < -0.4 is 5.32 Å². The summed E-state index contributed by atoms with van der Waals surface area (Å²) >= 11 is 0. The number of fused-ring (bicyclic) bond motifs is 3. The van der Waals surface area contributed by atoms with Crippen molar-refractivity contribution in [3.8, 4) is 0 Å². The summed E-state index contributed by atoms with van der Waals surface area (Å²) in [4.78, 5) is 16.6. The van der Waals surface area contributed by atoms with Crippen LogP contribution in [0.2, 0.25) is 0 Å². The van der Waals surface area contributed by atoms with Crippen LogP contribution in [0.15, 0.2) is 0 Å². The number of hydrogen-bond donors (Lipinski definition) is 1. The Morgan fingerprint density at radius 1 is 1.27 bits per heavy atom. The molecule has 1 unspecified atom stereocenters. The summed E-state index contributed by atoms with van der Waals surface area (Å²) in [5, 5.41) is 3.67. The lowest BCUT2D eigenvalue weighted by Gasteiger charge is -2.45. The first-order chi connectivity index (χ1) is 10.4. The Bertz CT molecular complexity index is 359. The maximum Gasteiger partial charge on any atom is 0.410 e. The normalized spacial score (nSPS) is 27.7. The fraction of sp³-hybridized carbons (Fsp3) is 0.941. The van der Waals surface area contributed by atoms with Crippen molar-refractivity contribution in [1.82, 2.24) is 15.1 Å². The van der Waals surface area contributed by atoms with Crippen molar-refractivity contribution in [1.29, 1.82) is 0 Å². The van der Waals surface area contributed by atoms with Gasteiger partial charge in [0.25, 0.3) is 0 Å². The Labute approximate surface area is 135 Å². The summed E-state index contributed by atoms with van der Waals surface area (Å²) in [7, 11) is 0. The van der Waals surface area contributed by atoms with E-state index in [4.69, 9.17) is 4.74 Å². The molecule has 0 saturated carbocycles. The minimum Gasteiger partial charge on any atom is -0.444 e. The Morgan fingerprint density at radius 3 is 2.45 bits per heavy atom. The molecule has 3 aliphatic rings. The highest BCUT2D eigenvalue weighted by atomic mass is 16.6. The largest absolute Gasteiger partial charge is 0.444 e. The maximum absolute atomic E-state index is 12.2. The van der Waals surface area contributed by atoms with Crippen molar-refractivity contribution in [2.24, 2.45) is 5.92 Å². The van der Waals surface area contributed by atoms with Gasteiger partial charge in [0.2, 0.25) is 0 Å². The molecule has 3 heterocycles. The van der Waals surface area contributed by atoms with E-state index >= 15 is 0 Å². The van der Waals surface area contributed by atoms with E-state index in [9.17, 15) is 4.79 Å². The Morgan fingerprint density at radius 2 is 1.95 bits per heavy atom. The van der Waals surface area contributed by atoms with Crippen LogP contribution in [0.4, 0.5) is 4.79 Å². The molecule has 1 atom stereocenters. The summed E-state index contributed by atoms with van der Waals surface area (Å²) < 4.78 is 5.50. The number of carbonyl (C=O) groups is 1. The molecule has 3 rings (SSSR count). The lowest BCUT2D eigenvalue weighted by atomic mass is 9.84. The first-order valence-corrected chi connectivity index (χ1v) is 8.82. The first kappa shape index (κ1) is 17.5. The molecule has 22 heavy (non-hydrogen) atoms. The molecule has 128 valence electrons. The molecular formula is C17H33N3O2. The second kappa shape index (κ2) is 7.64. The van der Waals surface area contributed by atoms with E-state index in [-0.39, 0.29) is 6.09 Å². The fourth-order valence-electron chi connectivity index (χ4n) is 3.47. The van der Waals surface area contributed by atoms with Gasteiger partial charge in [-0.25, -0.2) is 4.79 Å². The number of rotatable bonds is 6. The van der Waals surface area contributed by atoms with Crippen LogP contribution in [0.3, 0.4) is 0 Å². The number of nitrogens with one attached hydrogen (secondary N) is 1. The Balaban J connectivity index is 1.75. The van der Waals surface area contributed by atoms with E-state index in [0.29, 0.717) is 6.04 Å². The van der Waals surface area contributed by atoms with Crippen molar-refractivity contribution in [2.45, 2.75) is 58.6 Å². The summed E-state index contributed by atoms with van der Waals surface area (Å²) in [6.45, 7) is 13.9. The van der Waals surface area contributed by atoms with E-state index in [0.717, 1.165) is 32.0 Å². The average Bonchev–Trinajstić information content (AvgIpc) is 2.46. The van der Waals surface area contributed by atoms with Gasteiger partial charge in [-0.2, -0.15) is 0 Å². The van der Waals surface area contributed by atoms with Crippen molar-refractivity contribution < 1.29 is 9.53 Å². The van der Waals surface area contributed by atoms with E-state index in [1.165, 1.54) is 32.5 Å². The van der Waals surface area contributed by atoms with Crippen LogP contribution in [0.5, 0.6) is 0 Å². The SMILES string of the molecule is CCCN(CCNC1CN2CCC1CC2)C(=O)OC(C)(C)C. The molecule has 2 bridgehead atoms. The van der Waals surface area contributed by atoms with Gasteiger partial charge in [-0.05, 0) is 59.0 Å². The predicted octanol–water partition coefficient (Wildman–Crippen LogP) is 2.32. The molecule has 3 aliphatic heterocycles. The number of ether oxygens (including phenoxy) is 1. The number of amides is 1. The van der Waals surface area contributed by atoms with E-state index in [1.807, 2.05) is 25.7 Å². The smallest absolute Gasteiger partial charge is 0.410 e. The molecule has 0 aromatic heterocycles. The highest BCUT2D eigenvalue weighted by Gasteiger charge is 2.33. The van der Waals surface area contributed by atoms with E-state index in [2.05, 4.69) is 17.1 Å². The molecule has 0 aliphatic carbocycles. The molecule has 0 aromatic carbocycles. The molecule has 5 nitrogen and oxygen atoms in total. The van der Waals surface area contributed by atoms with Crippen LogP contribution in [0.25, 0.3) is 0 Å². The summed E-state index contributed by atoms with van der Waals surface area (Å²) in [5.74, 6) is 0.825. The Hall–Kier alpha value is -0.810. The molecule has 3 fully saturated rings. The minimum atomic E-state index is -0.424. The lowest BCUT2D eigenvalue weighted by molar-refractivity contribution is 0.0240. The molecule has 0 radical (unpaired) electrons. The van der Waals surface area contributed by atoms with Gasteiger partial charge in [0.05, 0.1) is 0 Å². The number of piperidine rings is 3. The van der Waals surface area contributed by atoms with Gasteiger partial charge in [-0.3, -0.25) is 0 Å². The van der Waals surface area contributed by atoms with Gasteiger partial charge in [-0.1, -0.05) is 6.92 Å². The van der Waals surface area contributed by atoms with E-state index < -0.39 is 5.60 Å². The van der Waals surface area contributed by atoms with Gasteiger partial charge >= 0.3 is 6.09 Å². The van der Waals surface area contributed by atoms with Gasteiger partial charge in [0, 0.05) is 32.2 Å². The topological polar surface area (TPSA) is 44.8 Å². The van der Waals surface area contributed by atoms with Crippen LogP contribution in [0.1, 0.15) is 47.0 Å². The molecule has 0 aromatic rings. The fourth-order valence-corrected chi connectivity index (χ4v) is 3.47. The number of nitrogens with zero attached hydrogens (tertiary/aromatic N) is 2. The van der Waals surface area contributed by atoms with Crippen LogP contribution in [-0.4, -0.2) is 66.8 Å². The minimum absolute atomic E-state index is 0.190. The van der Waals surface area contributed by atoms with Gasteiger partial charge < -0.3 is 19.9 Å². The molecule has 5 heteroatoms. The molecule has 1 N–H and O–H groups in total. The number of carbonyl (C=O) groups excluding carboxylic acids is 1. The summed E-state index contributed by atoms with van der Waals surface area (Å²) in [6.07, 6.45) is 3.41. The zero-order chi connectivity index (χ0) is 16.2. The Kier molecular flexibility index (Phi) is 6.09. The van der Waals surface area contributed by atoms with Crippen LogP contribution in [-0.2, 0) is 4.74 Å². The second-order valence-corrected chi connectivity index (χ2v) is 7.67. The monoisotopic (exact) mass is 311 g/mol. The highest BCUT2D eigenvalue weighted by molar-refractivity contribution is 5.68. The lowest BCUT2D eigenvalue weighted by Crippen LogP contribution is -2.57. The standard InChI is InChI=1S/C17H33N3O2/c1-5-9-20(16(21)22-17(2,3)4)12-8-18-15-13-19-10-6-14(15)7-11-19/h14-15,18H,5-13H2,1-4H3. The number of hydrogen-bond acceptors (Lipinski definition) is 4. The van der Waals surface area contributed by atoms with Crippen LogP contribution >= 0.6 is 0 Å². The van der Waals surface area contributed by atoms with Crippen molar-refractivity contribution in [3.63, 3.8) is 0 Å². The second-order valence-electron chi connectivity index (χ2n) is 7.67. The summed E-state index contributed by atoms with van der Waals surface area (Å²) in [6, 6.07) is 0.601. The molecular weight excluding hydrogens is 278 g/mol. The first-order valence-electron chi connectivity index (χ1n) is 8.82. The van der Waals surface area contributed by atoms with Crippen molar-refractivity contribution >= 4 is 6.09 Å². The zero-order valence-electron chi connectivity index (χ0n) is 14.7. The quantitative estimate of drug-likeness (QED) is 0.817. The molecule has 3 saturated heterocycles. The van der Waals surface area contributed by atoms with E-state index in [1.54, 1.807) is 0 Å². The predicted molar refractivity (Wildman–Crippen MR) is 89.1 cm³/mol. The third kappa shape index (κ3) is 5.13. The summed E-state index contributed by atoms with van der Waals surface area (Å²) in [5.41, 5.74) is -0.424. The third-order valence-corrected chi connectivity index (χ3v) is 4.59. The van der Waals surface area contributed by atoms with Crippen molar-refractivity contribution in [3.05, 3.63) is 0 Å². The molecule has 1 amide bonds.